The molecule has 6 N–H and O–H groups in total. The fraction of sp³-hybridized carbons (Fsp3) is 0.333. The first-order valence-electron chi connectivity index (χ1n) is 12.3. The Balaban J connectivity index is 2.16. The molecular formula is C27H33N3O11. The lowest BCUT2D eigenvalue weighted by Gasteiger charge is -2.15. The lowest BCUT2D eigenvalue weighted by molar-refractivity contribution is -0.140. The second kappa shape index (κ2) is 16.1. The van der Waals surface area contributed by atoms with E-state index in [1.54, 1.807) is 6.07 Å². The van der Waals surface area contributed by atoms with Crippen LogP contribution in [-0.2, 0) is 28.6 Å². The Kier molecular flexibility index (Phi) is 12.6. The molecule has 0 spiro atoms. The van der Waals surface area contributed by atoms with Crippen LogP contribution >= 0.6 is 0 Å². The number of hydrogen-bond donors (Lipinski definition) is 3. The summed E-state index contributed by atoms with van der Waals surface area (Å²) in [4.78, 5) is 46.5. The zero-order valence-electron chi connectivity index (χ0n) is 22.4. The van der Waals surface area contributed by atoms with Crippen molar-refractivity contribution in [2.45, 2.75) is 19.3 Å². The van der Waals surface area contributed by atoms with E-state index in [1.165, 1.54) is 6.07 Å². The van der Waals surface area contributed by atoms with Crippen molar-refractivity contribution in [2.75, 3.05) is 39.6 Å². The maximum absolute atomic E-state index is 12.3. The van der Waals surface area contributed by atoms with Crippen molar-refractivity contribution in [2.24, 2.45) is 17.2 Å². The predicted octanol–water partition coefficient (Wildman–Crippen LogP) is 1.15. The number of ether oxygens (including phenoxy) is 6. The number of nitrogens with two attached hydrogens (primary N) is 3. The molecule has 222 valence electrons. The van der Waals surface area contributed by atoms with Crippen LogP contribution in [0, 0.1) is 0 Å². The molecule has 14 nitrogen and oxygen atoms in total. The number of hydrogen-bond acceptors (Lipinski definition) is 14. The zero-order valence-corrected chi connectivity index (χ0v) is 22.4. The van der Waals surface area contributed by atoms with Crippen molar-refractivity contribution in [1.29, 1.82) is 0 Å². The molecule has 0 fully saturated rings. The van der Waals surface area contributed by atoms with E-state index in [1.807, 2.05) is 0 Å². The van der Waals surface area contributed by atoms with E-state index in [0.29, 0.717) is 24.0 Å². The van der Waals surface area contributed by atoms with Gasteiger partial charge in [-0.25, -0.2) is 19.2 Å². The third kappa shape index (κ3) is 10.9. The molecule has 1 aromatic carbocycles. The summed E-state index contributed by atoms with van der Waals surface area (Å²) >= 11 is 0. The summed E-state index contributed by atoms with van der Waals surface area (Å²) in [6, 6.07) is 4.19. The Morgan fingerprint density at radius 2 is 1.05 bits per heavy atom. The third-order valence-corrected chi connectivity index (χ3v) is 4.88. The van der Waals surface area contributed by atoms with E-state index < -0.39 is 23.5 Å². The Bertz CT molecular complexity index is 1350. The minimum absolute atomic E-state index is 0.0123. The van der Waals surface area contributed by atoms with Crippen molar-refractivity contribution in [3.8, 4) is 17.2 Å². The molecule has 0 aliphatic rings. The SMILES string of the molecule is C=C(N)C(=O)OCCCOc1cc(OCCCOC(=O)C(=C)N)c2c(OCCCOC(=O)C(=C)N)cc(=O)oc2c1. The van der Waals surface area contributed by atoms with Crippen LogP contribution in [0.25, 0.3) is 11.0 Å². The number of carbonyl (C=O) groups is 3. The van der Waals surface area contributed by atoms with Gasteiger partial charge in [-0.15, -0.1) is 0 Å². The van der Waals surface area contributed by atoms with E-state index in [4.69, 9.17) is 50.0 Å². The molecule has 2 rings (SSSR count). The molecule has 0 aliphatic heterocycles. The first-order valence-corrected chi connectivity index (χ1v) is 12.3. The zero-order chi connectivity index (χ0) is 30.4. The van der Waals surface area contributed by atoms with Gasteiger partial charge in [0.15, 0.2) is 0 Å². The van der Waals surface area contributed by atoms with Gasteiger partial charge in [-0.05, 0) is 0 Å². The van der Waals surface area contributed by atoms with Gasteiger partial charge in [0.25, 0.3) is 0 Å². The molecule has 0 unspecified atom stereocenters. The van der Waals surface area contributed by atoms with E-state index in [0.717, 1.165) is 6.07 Å². The summed E-state index contributed by atoms with van der Waals surface area (Å²) in [5, 5.41) is 0.340. The standard InChI is InChI=1S/C27H33N3O11/c1-16(28)25(32)38-10-4-7-35-19-13-20(36-8-5-11-39-26(33)17(2)29)24-21(15-23(31)41-22(24)14-19)37-9-6-12-40-27(34)18(3)30/h13-15H,1-12,28-30H2. The van der Waals surface area contributed by atoms with Crippen LogP contribution in [0.5, 0.6) is 17.2 Å². The van der Waals surface area contributed by atoms with Gasteiger partial charge in [0.05, 0.1) is 45.7 Å². The lowest BCUT2D eigenvalue weighted by Crippen LogP contribution is -2.15. The van der Waals surface area contributed by atoms with Crippen molar-refractivity contribution in [3.05, 3.63) is 65.4 Å². The topological polar surface area (TPSA) is 215 Å². The largest absolute Gasteiger partial charge is 0.493 e. The third-order valence-electron chi connectivity index (χ3n) is 4.88. The summed E-state index contributed by atoms with van der Waals surface area (Å²) in [6.07, 6.45) is 0.923. The molecule has 0 saturated heterocycles. The monoisotopic (exact) mass is 575 g/mol. The molecule has 0 amide bonds. The number of carbonyl (C=O) groups excluding carboxylic acids is 3. The van der Waals surface area contributed by atoms with E-state index >= 15 is 0 Å². The highest BCUT2D eigenvalue weighted by Gasteiger charge is 2.16. The smallest absolute Gasteiger partial charge is 0.353 e. The van der Waals surface area contributed by atoms with Gasteiger partial charge < -0.3 is 50.0 Å². The average molecular weight is 576 g/mol. The van der Waals surface area contributed by atoms with E-state index in [9.17, 15) is 19.2 Å². The number of fused-ring (bicyclic) bond motifs is 1. The number of benzene rings is 1. The summed E-state index contributed by atoms with van der Waals surface area (Å²) < 4.78 is 37.6. The van der Waals surface area contributed by atoms with Crippen molar-refractivity contribution in [1.82, 2.24) is 0 Å². The predicted molar refractivity (Wildman–Crippen MR) is 146 cm³/mol. The average Bonchev–Trinajstić information content (AvgIpc) is 2.91. The molecule has 0 saturated carbocycles. The Morgan fingerprint density at radius 1 is 0.634 bits per heavy atom. The minimum atomic E-state index is -0.733. The summed E-state index contributed by atoms with van der Waals surface area (Å²) in [5.74, 6) is -1.48. The minimum Gasteiger partial charge on any atom is -0.493 e. The molecule has 1 aromatic heterocycles. The highest BCUT2D eigenvalue weighted by atomic mass is 16.5. The van der Waals surface area contributed by atoms with E-state index in [2.05, 4.69) is 19.7 Å². The number of esters is 3. The second-order valence-corrected chi connectivity index (χ2v) is 8.31. The molecule has 41 heavy (non-hydrogen) atoms. The van der Waals surface area contributed by atoms with Gasteiger partial charge >= 0.3 is 23.5 Å². The fourth-order valence-corrected chi connectivity index (χ4v) is 3.02. The maximum atomic E-state index is 12.3. The van der Waals surface area contributed by atoms with Crippen LogP contribution in [0.3, 0.4) is 0 Å². The molecular weight excluding hydrogens is 542 g/mol. The van der Waals surface area contributed by atoms with Crippen molar-refractivity contribution < 1.29 is 47.2 Å². The molecule has 1 heterocycles. The normalized spacial score (nSPS) is 10.3. The summed E-state index contributed by atoms with van der Waals surface area (Å²) in [7, 11) is 0. The maximum Gasteiger partial charge on any atom is 0.353 e. The highest BCUT2D eigenvalue weighted by molar-refractivity contribution is 5.91. The van der Waals surface area contributed by atoms with Crippen LogP contribution in [0.4, 0.5) is 0 Å². The van der Waals surface area contributed by atoms with Crippen LogP contribution in [-0.4, -0.2) is 57.5 Å². The van der Waals surface area contributed by atoms with Gasteiger partial charge in [-0.1, -0.05) is 19.7 Å². The van der Waals surface area contributed by atoms with Crippen LogP contribution < -0.4 is 37.0 Å². The quantitative estimate of drug-likeness (QED) is 0.0747. The molecule has 0 aliphatic carbocycles. The van der Waals surface area contributed by atoms with Crippen molar-refractivity contribution in [3.63, 3.8) is 0 Å². The molecule has 0 bridgehead atoms. The fourth-order valence-electron chi connectivity index (χ4n) is 3.02. The molecule has 0 radical (unpaired) electrons. The van der Waals surface area contributed by atoms with Crippen LogP contribution in [0.15, 0.2) is 64.2 Å². The van der Waals surface area contributed by atoms with Crippen LogP contribution in [0.2, 0.25) is 0 Å². The lowest BCUT2D eigenvalue weighted by atomic mass is 10.2. The highest BCUT2D eigenvalue weighted by Crippen LogP contribution is 2.37. The Labute approximate surface area is 235 Å². The van der Waals surface area contributed by atoms with E-state index in [-0.39, 0.29) is 80.2 Å². The second-order valence-electron chi connectivity index (χ2n) is 8.31. The van der Waals surface area contributed by atoms with Gasteiger partial charge in [0, 0.05) is 31.4 Å². The van der Waals surface area contributed by atoms with Crippen LogP contribution in [0.1, 0.15) is 19.3 Å². The molecule has 14 heteroatoms. The van der Waals surface area contributed by atoms with Gasteiger partial charge in [-0.2, -0.15) is 0 Å². The summed E-state index contributed by atoms with van der Waals surface area (Å²) in [6.45, 7) is 10.3. The van der Waals surface area contributed by atoms with Crippen molar-refractivity contribution >= 4 is 28.9 Å². The molecule has 0 atom stereocenters. The van der Waals surface area contributed by atoms with Gasteiger partial charge in [0.2, 0.25) is 0 Å². The molecule has 2 aromatic rings. The summed E-state index contributed by atoms with van der Waals surface area (Å²) in [5.41, 5.74) is 14.6. The number of rotatable bonds is 18. The Morgan fingerprint density at radius 3 is 1.49 bits per heavy atom. The first-order chi connectivity index (χ1) is 19.5. The van der Waals surface area contributed by atoms with Gasteiger partial charge in [0.1, 0.15) is 45.3 Å². The van der Waals surface area contributed by atoms with Gasteiger partial charge in [-0.3, -0.25) is 0 Å². The Hall–Kier alpha value is -5.14. The first kappa shape index (κ1) is 32.1.